The molecule has 0 radical (unpaired) electrons. The van der Waals surface area contributed by atoms with Crippen molar-refractivity contribution in [2.75, 3.05) is 20.3 Å². The van der Waals surface area contributed by atoms with Crippen LogP contribution >= 0.6 is 0 Å². The molecule has 2 aromatic carbocycles. The first-order valence-corrected chi connectivity index (χ1v) is 14.0. The molecule has 1 aliphatic heterocycles. The normalized spacial score (nSPS) is 18.8. The molecule has 1 N–H and O–H groups in total. The Labute approximate surface area is 228 Å². The van der Waals surface area contributed by atoms with Crippen molar-refractivity contribution in [2.45, 2.75) is 70.2 Å². The summed E-state index contributed by atoms with van der Waals surface area (Å²) in [6, 6.07) is 16.0. The fourth-order valence-electron chi connectivity index (χ4n) is 6.11. The van der Waals surface area contributed by atoms with Crippen molar-refractivity contribution in [3.05, 3.63) is 81.4 Å². The molecule has 9 nitrogen and oxygen atoms in total. The number of pyridine rings is 1. The van der Waals surface area contributed by atoms with E-state index in [0.717, 1.165) is 72.9 Å². The van der Waals surface area contributed by atoms with E-state index >= 15 is 0 Å². The summed E-state index contributed by atoms with van der Waals surface area (Å²) in [7, 11) is 1.67. The molecule has 2 atom stereocenters. The average Bonchev–Trinajstić information content (AvgIpc) is 3.73. The van der Waals surface area contributed by atoms with Crippen molar-refractivity contribution in [3.8, 4) is 5.75 Å². The van der Waals surface area contributed by atoms with Gasteiger partial charge in [0, 0.05) is 30.8 Å². The zero-order valence-corrected chi connectivity index (χ0v) is 22.7. The summed E-state index contributed by atoms with van der Waals surface area (Å²) < 4.78 is 13.5. The lowest BCUT2D eigenvalue weighted by Crippen LogP contribution is -2.39. The molecule has 6 rings (SSSR count). The van der Waals surface area contributed by atoms with Crippen LogP contribution in [-0.4, -0.2) is 56.5 Å². The number of tetrazole rings is 1. The van der Waals surface area contributed by atoms with Gasteiger partial charge in [-0.2, -0.15) is 0 Å². The molecule has 1 aliphatic carbocycles. The Kier molecular flexibility index (Phi) is 7.43. The second kappa shape index (κ2) is 11.3. The van der Waals surface area contributed by atoms with Gasteiger partial charge in [-0.15, -0.1) is 5.10 Å². The number of aryl methyl sites for hydroxylation is 1. The minimum Gasteiger partial charge on any atom is -0.497 e. The second-order valence-corrected chi connectivity index (χ2v) is 10.9. The maximum atomic E-state index is 13.8. The fourth-order valence-corrected chi connectivity index (χ4v) is 6.11. The Morgan fingerprint density at radius 3 is 2.67 bits per heavy atom. The van der Waals surface area contributed by atoms with E-state index in [9.17, 15) is 4.79 Å². The van der Waals surface area contributed by atoms with Gasteiger partial charge in [0.05, 0.1) is 19.3 Å². The van der Waals surface area contributed by atoms with Crippen molar-refractivity contribution >= 4 is 10.9 Å². The third-order valence-electron chi connectivity index (χ3n) is 8.13. The van der Waals surface area contributed by atoms with E-state index in [4.69, 9.17) is 9.47 Å². The first-order valence-electron chi connectivity index (χ1n) is 14.0. The van der Waals surface area contributed by atoms with Crippen LogP contribution in [-0.2, 0) is 11.3 Å². The molecule has 0 amide bonds. The number of benzene rings is 2. The molecule has 39 heavy (non-hydrogen) atoms. The van der Waals surface area contributed by atoms with Gasteiger partial charge in [-0.1, -0.05) is 36.6 Å². The van der Waals surface area contributed by atoms with Crippen molar-refractivity contribution < 1.29 is 9.47 Å². The van der Waals surface area contributed by atoms with Gasteiger partial charge < -0.3 is 14.5 Å². The summed E-state index contributed by atoms with van der Waals surface area (Å²) in [6.45, 7) is 4.11. The van der Waals surface area contributed by atoms with Crippen LogP contribution in [0.5, 0.6) is 5.75 Å². The first kappa shape index (κ1) is 25.7. The van der Waals surface area contributed by atoms with E-state index in [-0.39, 0.29) is 17.7 Å². The number of rotatable bonds is 9. The molecule has 3 heterocycles. The lowest BCUT2D eigenvalue weighted by atomic mass is 10.0. The molecule has 2 fully saturated rings. The number of methoxy groups -OCH3 is 1. The number of aromatic amines is 1. The molecule has 0 bridgehead atoms. The van der Waals surface area contributed by atoms with Crippen LogP contribution in [0.15, 0.2) is 53.3 Å². The van der Waals surface area contributed by atoms with E-state index in [1.807, 2.05) is 35.0 Å². The van der Waals surface area contributed by atoms with Gasteiger partial charge in [0.2, 0.25) is 0 Å². The Bertz CT molecular complexity index is 1470. The van der Waals surface area contributed by atoms with Gasteiger partial charge in [0.1, 0.15) is 11.8 Å². The SMILES string of the molecule is COc1ccc(CN(C[C@@H]2CCCO2)[C@H](c2cc3cc(C)ccc3[nH]c2=O)c2nnnn2C2CCCC2)cc1. The zero-order chi connectivity index (χ0) is 26.8. The van der Waals surface area contributed by atoms with E-state index in [1.165, 1.54) is 0 Å². The predicted octanol–water partition coefficient (Wildman–Crippen LogP) is 4.72. The molecule has 0 spiro atoms. The predicted molar refractivity (Wildman–Crippen MR) is 149 cm³/mol. The highest BCUT2D eigenvalue weighted by Crippen LogP contribution is 2.35. The number of nitrogens with zero attached hydrogens (tertiary/aromatic N) is 5. The van der Waals surface area contributed by atoms with E-state index < -0.39 is 6.04 Å². The van der Waals surface area contributed by atoms with Crippen LogP contribution < -0.4 is 10.3 Å². The minimum atomic E-state index is -0.444. The van der Waals surface area contributed by atoms with Crippen molar-refractivity contribution in [1.29, 1.82) is 0 Å². The summed E-state index contributed by atoms with van der Waals surface area (Å²) in [5.41, 5.74) is 3.61. The Morgan fingerprint density at radius 2 is 1.92 bits per heavy atom. The van der Waals surface area contributed by atoms with Crippen molar-refractivity contribution in [2.24, 2.45) is 0 Å². The van der Waals surface area contributed by atoms with Crippen LogP contribution in [0.2, 0.25) is 0 Å². The van der Waals surface area contributed by atoms with Crippen LogP contribution in [0.25, 0.3) is 10.9 Å². The molecular weight excluding hydrogens is 492 g/mol. The molecule has 1 saturated carbocycles. The molecule has 204 valence electrons. The summed E-state index contributed by atoms with van der Waals surface area (Å²) in [4.78, 5) is 19.2. The third kappa shape index (κ3) is 5.46. The topological polar surface area (TPSA) is 98.2 Å². The van der Waals surface area contributed by atoms with Crippen LogP contribution in [0, 0.1) is 6.92 Å². The highest BCUT2D eigenvalue weighted by atomic mass is 16.5. The smallest absolute Gasteiger partial charge is 0.253 e. The number of aromatic nitrogens is 5. The number of hydrogen-bond acceptors (Lipinski definition) is 7. The number of H-pyrrole nitrogens is 1. The summed E-state index contributed by atoms with van der Waals surface area (Å²) in [5.74, 6) is 1.53. The lowest BCUT2D eigenvalue weighted by Gasteiger charge is -2.33. The second-order valence-electron chi connectivity index (χ2n) is 10.9. The van der Waals surface area contributed by atoms with Gasteiger partial charge in [0.15, 0.2) is 5.82 Å². The van der Waals surface area contributed by atoms with Crippen molar-refractivity contribution in [3.63, 3.8) is 0 Å². The Morgan fingerprint density at radius 1 is 1.10 bits per heavy atom. The number of fused-ring (bicyclic) bond motifs is 1. The van der Waals surface area contributed by atoms with Gasteiger partial charge >= 0.3 is 0 Å². The number of nitrogens with one attached hydrogen (secondary N) is 1. The molecule has 2 aliphatic rings. The molecule has 0 unspecified atom stereocenters. The molecule has 9 heteroatoms. The minimum absolute atomic E-state index is 0.0864. The van der Waals surface area contributed by atoms with Crippen LogP contribution in [0.1, 0.15) is 73.1 Å². The molecule has 2 aromatic heterocycles. The van der Waals surface area contributed by atoms with E-state index in [0.29, 0.717) is 24.5 Å². The van der Waals surface area contributed by atoms with Gasteiger partial charge in [0.25, 0.3) is 5.56 Å². The summed E-state index contributed by atoms with van der Waals surface area (Å²) in [5, 5.41) is 14.2. The van der Waals surface area contributed by atoms with E-state index in [2.05, 4.69) is 50.5 Å². The zero-order valence-electron chi connectivity index (χ0n) is 22.7. The van der Waals surface area contributed by atoms with E-state index in [1.54, 1.807) is 7.11 Å². The van der Waals surface area contributed by atoms with Crippen LogP contribution in [0.3, 0.4) is 0 Å². The van der Waals surface area contributed by atoms with Gasteiger partial charge in [-0.3, -0.25) is 9.69 Å². The largest absolute Gasteiger partial charge is 0.497 e. The fraction of sp³-hybridized carbons (Fsp3) is 0.467. The van der Waals surface area contributed by atoms with Gasteiger partial charge in [-0.25, -0.2) is 4.68 Å². The standard InChI is InChI=1S/C30H36N6O3/c1-20-9-14-27-22(16-20)17-26(30(37)31-27)28(29-32-33-34-36(29)23-6-3-4-7-23)35(19-25-8-5-15-39-25)18-21-10-12-24(38-2)13-11-21/h9-14,16-17,23,25,28H,3-8,15,18-19H2,1-2H3,(H,31,37)/t25-,28+/m0/s1. The third-order valence-corrected chi connectivity index (χ3v) is 8.13. The Hall–Kier alpha value is -3.56. The quantitative estimate of drug-likeness (QED) is 0.336. The number of ether oxygens (including phenoxy) is 2. The monoisotopic (exact) mass is 528 g/mol. The first-order chi connectivity index (χ1) is 19.1. The highest BCUT2D eigenvalue weighted by Gasteiger charge is 2.35. The molecular formula is C30H36N6O3. The van der Waals surface area contributed by atoms with Crippen molar-refractivity contribution in [1.82, 2.24) is 30.1 Å². The maximum Gasteiger partial charge on any atom is 0.253 e. The Balaban J connectivity index is 1.49. The summed E-state index contributed by atoms with van der Waals surface area (Å²) >= 11 is 0. The average molecular weight is 529 g/mol. The maximum absolute atomic E-state index is 13.8. The lowest BCUT2D eigenvalue weighted by molar-refractivity contribution is 0.0569. The molecule has 4 aromatic rings. The van der Waals surface area contributed by atoms with Gasteiger partial charge in [-0.05, 0) is 84.3 Å². The molecule has 1 saturated heterocycles. The van der Waals surface area contributed by atoms with Crippen LogP contribution in [0.4, 0.5) is 0 Å². The number of hydrogen-bond donors (Lipinski definition) is 1. The highest BCUT2D eigenvalue weighted by molar-refractivity contribution is 5.79. The summed E-state index contributed by atoms with van der Waals surface area (Å²) in [6.07, 6.45) is 6.54.